The molecule has 0 aliphatic heterocycles. The minimum absolute atomic E-state index is 0.0371. The molecule has 0 saturated heterocycles. The van der Waals surface area contributed by atoms with Crippen LogP contribution in [-0.2, 0) is 13.2 Å². The molecule has 28 heavy (non-hydrogen) atoms. The van der Waals surface area contributed by atoms with Gasteiger partial charge in [-0.15, -0.1) is 11.3 Å². The summed E-state index contributed by atoms with van der Waals surface area (Å²) in [6, 6.07) is 5.69. The maximum absolute atomic E-state index is 13.4. The number of aromatic nitrogens is 3. The molecule has 0 aromatic carbocycles. The van der Waals surface area contributed by atoms with Gasteiger partial charge >= 0.3 is 12.1 Å². The second kappa shape index (κ2) is 7.99. The molecule has 3 rings (SSSR count). The first-order valence-electron chi connectivity index (χ1n) is 7.54. The monoisotopic (exact) mass is 425 g/mol. The van der Waals surface area contributed by atoms with Crippen LogP contribution in [0.5, 0.6) is 0 Å². The minimum atomic E-state index is -4.74. The normalized spacial score (nSPS) is 12.2. The topological polar surface area (TPSA) is 102 Å². The Labute approximate surface area is 164 Å². The molecule has 0 amide bonds. The van der Waals surface area contributed by atoms with E-state index in [1.165, 1.54) is 22.2 Å². The number of pyridine rings is 1. The molecule has 0 spiro atoms. The lowest BCUT2D eigenvalue weighted by atomic mass is 10.1. The van der Waals surface area contributed by atoms with Crippen LogP contribution in [0.3, 0.4) is 0 Å². The number of hydrogen-bond acceptors (Lipinski definition) is 8. The van der Waals surface area contributed by atoms with Gasteiger partial charge in [-0.3, -0.25) is 4.52 Å². The van der Waals surface area contributed by atoms with Crippen LogP contribution >= 0.6 is 23.1 Å². The number of nitriles is 1. The van der Waals surface area contributed by atoms with Crippen molar-refractivity contribution in [2.45, 2.75) is 11.2 Å². The van der Waals surface area contributed by atoms with Gasteiger partial charge < -0.3 is 5.11 Å². The zero-order valence-corrected chi connectivity index (χ0v) is 15.7. The van der Waals surface area contributed by atoms with E-state index in [4.69, 9.17) is 4.52 Å². The van der Waals surface area contributed by atoms with Crippen LogP contribution in [-0.4, -0.2) is 21.9 Å². The van der Waals surface area contributed by atoms with E-state index in [9.17, 15) is 23.5 Å². The van der Waals surface area contributed by atoms with Gasteiger partial charge in [-0.2, -0.15) is 18.4 Å². The lowest BCUT2D eigenvalue weighted by molar-refractivity contribution is -0.739. The molecule has 3 heterocycles. The van der Waals surface area contributed by atoms with E-state index in [1.807, 2.05) is 0 Å². The van der Waals surface area contributed by atoms with Crippen LogP contribution in [0.15, 0.2) is 44.3 Å². The molecule has 0 N–H and O–H groups in total. The first kappa shape index (κ1) is 19.8. The molecular weight excluding hydrogens is 415 g/mol. The van der Waals surface area contributed by atoms with E-state index in [2.05, 4.69) is 15.2 Å². The van der Waals surface area contributed by atoms with E-state index in [0.717, 1.165) is 6.07 Å². The zero-order chi connectivity index (χ0) is 20.3. The predicted octanol–water partition coefficient (Wildman–Crippen LogP) is 2.70. The third-order valence-electron chi connectivity index (χ3n) is 3.30. The summed E-state index contributed by atoms with van der Waals surface area (Å²) in [5, 5.41) is 26.2. The SMILES string of the molecule is C[n+]1cc(/N=C(\[O-])CSc2nc(-c3cccs3)cc(C(F)(F)F)c2C#N)on1. The number of aryl methyl sites for hydroxylation is 1. The Hall–Kier alpha value is -2.91. The Morgan fingerprint density at radius 3 is 2.86 bits per heavy atom. The molecule has 0 bridgehead atoms. The first-order chi connectivity index (χ1) is 13.3. The number of thioether (sulfide) groups is 1. The smallest absolute Gasteiger partial charge is 0.417 e. The Kier molecular flexibility index (Phi) is 5.66. The highest BCUT2D eigenvalue weighted by Gasteiger charge is 2.36. The molecule has 144 valence electrons. The maximum Gasteiger partial charge on any atom is 0.417 e. The van der Waals surface area contributed by atoms with Crippen molar-refractivity contribution in [1.29, 1.82) is 5.26 Å². The Balaban J connectivity index is 1.96. The minimum Gasteiger partial charge on any atom is -0.861 e. The van der Waals surface area contributed by atoms with Crippen molar-refractivity contribution in [2.75, 3.05) is 5.75 Å². The van der Waals surface area contributed by atoms with Crippen LogP contribution in [0.25, 0.3) is 10.6 Å². The summed E-state index contributed by atoms with van der Waals surface area (Å²) >= 11 is 1.92. The van der Waals surface area contributed by atoms with Crippen molar-refractivity contribution in [2.24, 2.45) is 12.0 Å². The predicted molar refractivity (Wildman–Crippen MR) is 92.8 cm³/mol. The molecule has 0 unspecified atom stereocenters. The molecule has 0 aliphatic rings. The second-order valence-electron chi connectivity index (χ2n) is 5.33. The zero-order valence-electron chi connectivity index (χ0n) is 14.1. The van der Waals surface area contributed by atoms with Gasteiger partial charge in [0.1, 0.15) is 11.1 Å². The fourth-order valence-electron chi connectivity index (χ4n) is 2.16. The highest BCUT2D eigenvalue weighted by atomic mass is 32.2. The van der Waals surface area contributed by atoms with Crippen LogP contribution in [0.4, 0.5) is 19.1 Å². The largest absolute Gasteiger partial charge is 0.861 e. The van der Waals surface area contributed by atoms with E-state index < -0.39 is 23.2 Å². The Bertz CT molecular complexity index is 1060. The van der Waals surface area contributed by atoms with E-state index in [-0.39, 0.29) is 22.4 Å². The van der Waals surface area contributed by atoms with Gasteiger partial charge in [0, 0.05) is 5.75 Å². The number of nitrogens with zero attached hydrogens (tertiary/aromatic N) is 5. The maximum atomic E-state index is 13.4. The molecule has 3 aromatic rings. The van der Waals surface area contributed by atoms with Crippen molar-refractivity contribution in [3.63, 3.8) is 0 Å². The van der Waals surface area contributed by atoms with E-state index >= 15 is 0 Å². The van der Waals surface area contributed by atoms with Crippen molar-refractivity contribution in [1.82, 2.24) is 10.3 Å². The average molecular weight is 425 g/mol. The summed E-state index contributed by atoms with van der Waals surface area (Å²) in [4.78, 5) is 8.33. The molecular formula is C16H10F3N5O2S2. The van der Waals surface area contributed by atoms with Gasteiger partial charge in [-0.05, 0) is 23.4 Å². The Morgan fingerprint density at radius 1 is 1.50 bits per heavy atom. The summed E-state index contributed by atoms with van der Waals surface area (Å²) in [7, 11) is 1.57. The molecule has 3 aromatic heterocycles. The number of thiophene rings is 1. The lowest BCUT2D eigenvalue weighted by Gasteiger charge is -2.14. The average Bonchev–Trinajstić information content (AvgIpc) is 3.30. The molecule has 0 saturated carbocycles. The molecule has 0 radical (unpaired) electrons. The summed E-state index contributed by atoms with van der Waals surface area (Å²) in [6.07, 6.45) is -3.38. The van der Waals surface area contributed by atoms with Crippen molar-refractivity contribution >= 4 is 34.9 Å². The van der Waals surface area contributed by atoms with Crippen LogP contribution in [0, 0.1) is 11.3 Å². The molecule has 12 heteroatoms. The van der Waals surface area contributed by atoms with Crippen molar-refractivity contribution < 1.29 is 27.5 Å². The van der Waals surface area contributed by atoms with Crippen molar-refractivity contribution in [3.05, 3.63) is 40.9 Å². The quantitative estimate of drug-likeness (QED) is 0.270. The van der Waals surface area contributed by atoms with Gasteiger partial charge in [0.25, 0.3) is 6.20 Å². The van der Waals surface area contributed by atoms with Gasteiger partial charge in [0.05, 0.1) is 21.7 Å². The highest BCUT2D eigenvalue weighted by molar-refractivity contribution is 7.99. The van der Waals surface area contributed by atoms with Crippen LogP contribution in [0.1, 0.15) is 11.1 Å². The van der Waals surface area contributed by atoms with Crippen LogP contribution < -0.4 is 9.79 Å². The highest BCUT2D eigenvalue weighted by Crippen LogP contribution is 2.38. The molecule has 7 nitrogen and oxygen atoms in total. The fraction of sp³-hybridized carbons (Fsp3) is 0.188. The summed E-state index contributed by atoms with van der Waals surface area (Å²) < 4.78 is 46.4. The van der Waals surface area contributed by atoms with E-state index in [0.29, 0.717) is 16.6 Å². The number of hydrogen-bond donors (Lipinski definition) is 0. The molecule has 0 fully saturated rings. The number of aliphatic imine (C=N–C) groups is 1. The summed E-state index contributed by atoms with van der Waals surface area (Å²) in [5.41, 5.74) is -1.64. The van der Waals surface area contributed by atoms with E-state index in [1.54, 1.807) is 30.6 Å². The second-order valence-corrected chi connectivity index (χ2v) is 7.24. The van der Waals surface area contributed by atoms with Gasteiger partial charge in [0.15, 0.2) is 12.3 Å². The number of halogens is 3. The molecule has 0 atom stereocenters. The summed E-state index contributed by atoms with van der Waals surface area (Å²) in [6.45, 7) is 0. The summed E-state index contributed by atoms with van der Waals surface area (Å²) in [5.74, 6) is -1.02. The first-order valence-corrected chi connectivity index (χ1v) is 9.40. The fourth-order valence-corrected chi connectivity index (χ4v) is 3.63. The van der Waals surface area contributed by atoms with Gasteiger partial charge in [0.2, 0.25) is 0 Å². The third kappa shape index (κ3) is 4.49. The van der Waals surface area contributed by atoms with Gasteiger partial charge in [-0.1, -0.05) is 22.5 Å². The van der Waals surface area contributed by atoms with Gasteiger partial charge in [-0.25, -0.2) is 9.98 Å². The van der Waals surface area contributed by atoms with Crippen molar-refractivity contribution in [3.8, 4) is 16.6 Å². The molecule has 0 aliphatic carbocycles. The Morgan fingerprint density at radius 2 is 2.29 bits per heavy atom. The standard InChI is InChI=1S/C16H10F3N5O2S2/c1-24-7-14(26-23-24)22-13(25)8-28-15-9(6-20)10(16(17,18)19)5-11(21-15)12-3-2-4-27-12/h2-5,7H,8H2,1H3. The number of rotatable bonds is 5. The number of alkyl halides is 3. The third-order valence-corrected chi connectivity index (χ3v) is 5.16. The van der Waals surface area contributed by atoms with Crippen LogP contribution in [0.2, 0.25) is 0 Å². The lowest BCUT2D eigenvalue weighted by Crippen LogP contribution is -2.27.